The first-order valence-corrected chi connectivity index (χ1v) is 7.35. The Kier molecular flexibility index (Phi) is 3.75. The molecule has 1 heterocycles. The lowest BCUT2D eigenvalue weighted by Gasteiger charge is -2.04. The van der Waals surface area contributed by atoms with Crippen LogP contribution in [-0.4, -0.2) is 12.1 Å². The van der Waals surface area contributed by atoms with Crippen molar-refractivity contribution in [2.75, 3.05) is 18.2 Å². The van der Waals surface area contributed by atoms with E-state index in [1.807, 2.05) is 53.9 Å². The maximum absolute atomic E-state index is 5.70. The van der Waals surface area contributed by atoms with Gasteiger partial charge >= 0.3 is 0 Å². The molecule has 0 aliphatic carbocycles. The number of anilines is 3. The van der Waals surface area contributed by atoms with E-state index >= 15 is 0 Å². The molecule has 21 heavy (non-hydrogen) atoms. The summed E-state index contributed by atoms with van der Waals surface area (Å²) in [6.45, 7) is 0. The standard InChI is InChI=1S/C16H15N3OS/c1-20-14-8-6-13(7-9-14)18-16-19-15(10-21-16)11-2-4-12(17)5-3-11/h2-10H,17H2,1H3,(H,18,19). The molecule has 0 fully saturated rings. The highest BCUT2D eigenvalue weighted by molar-refractivity contribution is 7.14. The average molecular weight is 297 g/mol. The van der Waals surface area contributed by atoms with Crippen LogP contribution >= 0.6 is 11.3 Å². The predicted octanol–water partition coefficient (Wildman–Crippen LogP) is 4.14. The Morgan fingerprint density at radius 3 is 2.43 bits per heavy atom. The summed E-state index contributed by atoms with van der Waals surface area (Å²) in [4.78, 5) is 4.58. The first-order chi connectivity index (χ1) is 10.2. The van der Waals surface area contributed by atoms with Gasteiger partial charge in [0.15, 0.2) is 5.13 Å². The molecule has 106 valence electrons. The van der Waals surface area contributed by atoms with E-state index in [0.717, 1.165) is 33.5 Å². The minimum Gasteiger partial charge on any atom is -0.497 e. The molecule has 1 aromatic heterocycles. The number of nitrogens with one attached hydrogen (secondary N) is 1. The van der Waals surface area contributed by atoms with Gasteiger partial charge < -0.3 is 15.8 Å². The number of nitrogen functional groups attached to an aromatic ring is 1. The van der Waals surface area contributed by atoms with E-state index in [1.54, 1.807) is 18.4 Å². The van der Waals surface area contributed by atoms with Gasteiger partial charge in [-0.05, 0) is 36.4 Å². The molecule has 0 aliphatic heterocycles. The number of thiazole rings is 1. The van der Waals surface area contributed by atoms with Crippen molar-refractivity contribution in [3.8, 4) is 17.0 Å². The van der Waals surface area contributed by atoms with Crippen LogP contribution in [0.3, 0.4) is 0 Å². The zero-order valence-electron chi connectivity index (χ0n) is 11.5. The molecule has 0 atom stereocenters. The fraction of sp³-hybridized carbons (Fsp3) is 0.0625. The van der Waals surface area contributed by atoms with Crippen molar-refractivity contribution in [1.82, 2.24) is 4.98 Å². The minimum absolute atomic E-state index is 0.755. The Morgan fingerprint density at radius 1 is 1.05 bits per heavy atom. The summed E-state index contributed by atoms with van der Waals surface area (Å²) in [6, 6.07) is 15.5. The third-order valence-corrected chi connectivity index (χ3v) is 3.81. The normalized spacial score (nSPS) is 10.3. The van der Waals surface area contributed by atoms with E-state index in [-0.39, 0.29) is 0 Å². The molecule has 3 rings (SSSR count). The second-order valence-electron chi connectivity index (χ2n) is 4.51. The first kappa shape index (κ1) is 13.5. The molecule has 2 aromatic carbocycles. The molecule has 0 bridgehead atoms. The summed E-state index contributed by atoms with van der Waals surface area (Å²) in [6.07, 6.45) is 0. The summed E-state index contributed by atoms with van der Waals surface area (Å²) >= 11 is 1.57. The first-order valence-electron chi connectivity index (χ1n) is 6.47. The van der Waals surface area contributed by atoms with Gasteiger partial charge in [0, 0.05) is 22.3 Å². The van der Waals surface area contributed by atoms with Crippen LogP contribution in [0.5, 0.6) is 5.75 Å². The highest BCUT2D eigenvalue weighted by Gasteiger charge is 2.05. The molecule has 0 spiro atoms. The van der Waals surface area contributed by atoms with Crippen molar-refractivity contribution in [3.05, 3.63) is 53.9 Å². The Bertz CT molecular complexity index is 720. The van der Waals surface area contributed by atoms with Crippen LogP contribution in [0.1, 0.15) is 0 Å². The number of hydrogen-bond donors (Lipinski definition) is 2. The molecule has 4 nitrogen and oxygen atoms in total. The van der Waals surface area contributed by atoms with E-state index in [1.165, 1.54) is 0 Å². The van der Waals surface area contributed by atoms with E-state index in [9.17, 15) is 0 Å². The molecule has 0 unspecified atom stereocenters. The van der Waals surface area contributed by atoms with E-state index in [0.29, 0.717) is 0 Å². The Labute approximate surface area is 127 Å². The molecule has 3 aromatic rings. The van der Waals surface area contributed by atoms with Gasteiger partial charge in [-0.2, -0.15) is 0 Å². The number of ether oxygens (including phenoxy) is 1. The van der Waals surface area contributed by atoms with Gasteiger partial charge in [0.25, 0.3) is 0 Å². The highest BCUT2D eigenvalue weighted by atomic mass is 32.1. The third kappa shape index (κ3) is 3.14. The maximum atomic E-state index is 5.70. The summed E-state index contributed by atoms with van der Waals surface area (Å²) in [5, 5.41) is 6.16. The van der Waals surface area contributed by atoms with Gasteiger partial charge in [-0.15, -0.1) is 11.3 Å². The fourth-order valence-corrected chi connectivity index (χ4v) is 2.66. The highest BCUT2D eigenvalue weighted by Crippen LogP contribution is 2.28. The van der Waals surface area contributed by atoms with E-state index in [4.69, 9.17) is 10.5 Å². The van der Waals surface area contributed by atoms with Crippen LogP contribution in [0.15, 0.2) is 53.9 Å². The average Bonchev–Trinajstić information content (AvgIpc) is 2.97. The Balaban J connectivity index is 1.76. The fourth-order valence-electron chi connectivity index (χ4n) is 1.92. The molecule has 0 aliphatic rings. The van der Waals surface area contributed by atoms with Crippen molar-refractivity contribution in [3.63, 3.8) is 0 Å². The van der Waals surface area contributed by atoms with Crippen LogP contribution in [0, 0.1) is 0 Å². The lowest BCUT2D eigenvalue weighted by molar-refractivity contribution is 0.415. The molecule has 0 radical (unpaired) electrons. The number of hydrogen-bond acceptors (Lipinski definition) is 5. The number of nitrogens with zero attached hydrogens (tertiary/aromatic N) is 1. The van der Waals surface area contributed by atoms with Gasteiger partial charge in [0.2, 0.25) is 0 Å². The monoisotopic (exact) mass is 297 g/mol. The van der Waals surface area contributed by atoms with Gasteiger partial charge in [-0.25, -0.2) is 4.98 Å². The zero-order chi connectivity index (χ0) is 14.7. The van der Waals surface area contributed by atoms with Gasteiger partial charge in [-0.3, -0.25) is 0 Å². The second-order valence-corrected chi connectivity index (χ2v) is 5.37. The van der Waals surface area contributed by atoms with Crippen LogP contribution in [0.4, 0.5) is 16.5 Å². The molecule has 0 amide bonds. The smallest absolute Gasteiger partial charge is 0.187 e. The van der Waals surface area contributed by atoms with Crippen LogP contribution < -0.4 is 15.8 Å². The lowest BCUT2D eigenvalue weighted by atomic mass is 10.1. The third-order valence-electron chi connectivity index (χ3n) is 3.05. The van der Waals surface area contributed by atoms with Crippen molar-refractivity contribution in [2.24, 2.45) is 0 Å². The Hall–Kier alpha value is -2.53. The second kappa shape index (κ2) is 5.85. The Morgan fingerprint density at radius 2 is 1.76 bits per heavy atom. The number of benzene rings is 2. The molecular formula is C16H15N3OS. The van der Waals surface area contributed by atoms with Crippen LogP contribution in [-0.2, 0) is 0 Å². The quantitative estimate of drug-likeness (QED) is 0.710. The molecule has 0 saturated heterocycles. The summed E-state index contributed by atoms with van der Waals surface area (Å²) in [5.41, 5.74) is 9.43. The number of methoxy groups -OCH3 is 1. The zero-order valence-corrected chi connectivity index (χ0v) is 12.4. The van der Waals surface area contributed by atoms with E-state index in [2.05, 4.69) is 10.3 Å². The van der Waals surface area contributed by atoms with Crippen molar-refractivity contribution >= 4 is 27.8 Å². The van der Waals surface area contributed by atoms with Crippen molar-refractivity contribution in [1.29, 1.82) is 0 Å². The van der Waals surface area contributed by atoms with Crippen LogP contribution in [0.2, 0.25) is 0 Å². The maximum Gasteiger partial charge on any atom is 0.187 e. The number of aromatic nitrogens is 1. The van der Waals surface area contributed by atoms with Crippen molar-refractivity contribution in [2.45, 2.75) is 0 Å². The molecule has 5 heteroatoms. The van der Waals surface area contributed by atoms with E-state index < -0.39 is 0 Å². The topological polar surface area (TPSA) is 60.2 Å². The largest absolute Gasteiger partial charge is 0.497 e. The van der Waals surface area contributed by atoms with Crippen LogP contribution in [0.25, 0.3) is 11.3 Å². The minimum atomic E-state index is 0.755. The summed E-state index contributed by atoms with van der Waals surface area (Å²) < 4.78 is 5.14. The molecule has 0 saturated carbocycles. The number of nitrogens with two attached hydrogens (primary N) is 1. The summed E-state index contributed by atoms with van der Waals surface area (Å²) in [5.74, 6) is 0.835. The van der Waals surface area contributed by atoms with Gasteiger partial charge in [0.1, 0.15) is 5.75 Å². The lowest BCUT2D eigenvalue weighted by Crippen LogP contribution is -1.90. The van der Waals surface area contributed by atoms with Gasteiger partial charge in [-0.1, -0.05) is 12.1 Å². The number of rotatable bonds is 4. The predicted molar refractivity (Wildman–Crippen MR) is 88.2 cm³/mol. The van der Waals surface area contributed by atoms with Crippen molar-refractivity contribution < 1.29 is 4.74 Å². The SMILES string of the molecule is COc1ccc(Nc2nc(-c3ccc(N)cc3)cs2)cc1. The van der Waals surface area contributed by atoms with Gasteiger partial charge in [0.05, 0.1) is 12.8 Å². The molecule has 3 N–H and O–H groups in total. The molecular weight excluding hydrogens is 282 g/mol. The summed E-state index contributed by atoms with van der Waals surface area (Å²) in [7, 11) is 1.65.